The highest BCUT2D eigenvalue weighted by Crippen LogP contribution is 2.17. The van der Waals surface area contributed by atoms with Crippen LogP contribution in [0.3, 0.4) is 0 Å². The van der Waals surface area contributed by atoms with Gasteiger partial charge in [0, 0.05) is 33.5 Å². The predicted molar refractivity (Wildman–Crippen MR) is 79.2 cm³/mol. The minimum atomic E-state index is 0.179. The first kappa shape index (κ1) is 17.0. The SMILES string of the molecule is COCCCOCCC(CO)Cc1cccc(OC)c1. The highest BCUT2D eigenvalue weighted by atomic mass is 16.5. The monoisotopic (exact) mass is 282 g/mol. The molecular formula is C16H26O4. The summed E-state index contributed by atoms with van der Waals surface area (Å²) in [5.74, 6) is 1.08. The number of aliphatic hydroxyl groups is 1. The van der Waals surface area contributed by atoms with Gasteiger partial charge in [-0.05, 0) is 42.9 Å². The van der Waals surface area contributed by atoms with Crippen LogP contribution in [-0.4, -0.2) is 45.8 Å². The quantitative estimate of drug-likeness (QED) is 0.633. The van der Waals surface area contributed by atoms with E-state index in [0.717, 1.165) is 31.6 Å². The van der Waals surface area contributed by atoms with Gasteiger partial charge in [-0.2, -0.15) is 0 Å². The number of methoxy groups -OCH3 is 2. The topological polar surface area (TPSA) is 47.9 Å². The fourth-order valence-corrected chi connectivity index (χ4v) is 2.05. The van der Waals surface area contributed by atoms with Crippen LogP contribution in [0.5, 0.6) is 5.75 Å². The zero-order valence-corrected chi connectivity index (χ0v) is 12.5. The maximum atomic E-state index is 9.45. The van der Waals surface area contributed by atoms with Crippen molar-refractivity contribution in [2.45, 2.75) is 19.3 Å². The van der Waals surface area contributed by atoms with Crippen LogP contribution in [0, 0.1) is 5.92 Å². The second kappa shape index (κ2) is 10.7. The summed E-state index contributed by atoms with van der Waals surface area (Å²) in [4.78, 5) is 0. The molecule has 0 saturated heterocycles. The molecule has 0 aliphatic rings. The molecule has 0 bridgehead atoms. The molecule has 0 amide bonds. The van der Waals surface area contributed by atoms with Gasteiger partial charge in [-0.3, -0.25) is 0 Å². The van der Waals surface area contributed by atoms with Crippen molar-refractivity contribution < 1.29 is 19.3 Å². The normalized spacial score (nSPS) is 12.3. The van der Waals surface area contributed by atoms with Gasteiger partial charge in [0.25, 0.3) is 0 Å². The van der Waals surface area contributed by atoms with Gasteiger partial charge in [-0.1, -0.05) is 12.1 Å². The Balaban J connectivity index is 2.27. The van der Waals surface area contributed by atoms with Crippen LogP contribution in [-0.2, 0) is 15.9 Å². The molecule has 0 spiro atoms. The first-order valence-corrected chi connectivity index (χ1v) is 7.10. The van der Waals surface area contributed by atoms with Crippen molar-refractivity contribution >= 4 is 0 Å². The lowest BCUT2D eigenvalue weighted by molar-refractivity contribution is 0.0857. The van der Waals surface area contributed by atoms with Crippen LogP contribution in [0.1, 0.15) is 18.4 Å². The van der Waals surface area contributed by atoms with Gasteiger partial charge in [-0.15, -0.1) is 0 Å². The van der Waals surface area contributed by atoms with E-state index in [2.05, 4.69) is 6.07 Å². The summed E-state index contributed by atoms with van der Waals surface area (Å²) in [5, 5.41) is 9.45. The second-order valence-corrected chi connectivity index (χ2v) is 4.85. The molecule has 20 heavy (non-hydrogen) atoms. The van der Waals surface area contributed by atoms with E-state index < -0.39 is 0 Å². The lowest BCUT2D eigenvalue weighted by atomic mass is 9.97. The van der Waals surface area contributed by atoms with Crippen molar-refractivity contribution in [1.29, 1.82) is 0 Å². The number of hydrogen-bond donors (Lipinski definition) is 1. The number of ether oxygens (including phenoxy) is 3. The molecular weight excluding hydrogens is 256 g/mol. The van der Waals surface area contributed by atoms with Crippen molar-refractivity contribution in [3.05, 3.63) is 29.8 Å². The van der Waals surface area contributed by atoms with Gasteiger partial charge in [0.2, 0.25) is 0 Å². The van der Waals surface area contributed by atoms with Crippen molar-refractivity contribution in [2.24, 2.45) is 5.92 Å². The van der Waals surface area contributed by atoms with Gasteiger partial charge < -0.3 is 19.3 Å². The molecule has 0 aromatic heterocycles. The number of rotatable bonds is 11. The maximum Gasteiger partial charge on any atom is 0.119 e. The van der Waals surface area contributed by atoms with Crippen molar-refractivity contribution in [2.75, 3.05) is 40.6 Å². The van der Waals surface area contributed by atoms with Gasteiger partial charge in [0.05, 0.1) is 7.11 Å². The molecule has 1 rings (SSSR count). The number of benzene rings is 1. The lowest BCUT2D eigenvalue weighted by Gasteiger charge is -2.15. The summed E-state index contributed by atoms with van der Waals surface area (Å²) in [6.07, 6.45) is 2.62. The molecule has 1 aromatic carbocycles. The first-order chi connectivity index (χ1) is 9.80. The summed E-state index contributed by atoms with van der Waals surface area (Å²) >= 11 is 0. The van der Waals surface area contributed by atoms with E-state index in [4.69, 9.17) is 14.2 Å². The van der Waals surface area contributed by atoms with E-state index in [0.29, 0.717) is 13.2 Å². The number of hydrogen-bond acceptors (Lipinski definition) is 4. The van der Waals surface area contributed by atoms with Crippen LogP contribution in [0.2, 0.25) is 0 Å². The summed E-state index contributed by atoms with van der Waals surface area (Å²) in [6, 6.07) is 7.98. The Hall–Kier alpha value is -1.10. The summed E-state index contributed by atoms with van der Waals surface area (Å²) < 4.78 is 15.7. The molecule has 0 heterocycles. The third-order valence-electron chi connectivity index (χ3n) is 3.22. The number of aliphatic hydroxyl groups excluding tert-OH is 1. The Kier molecular flexibility index (Phi) is 9.04. The van der Waals surface area contributed by atoms with Crippen LogP contribution >= 0.6 is 0 Å². The molecule has 0 fully saturated rings. The van der Waals surface area contributed by atoms with Crippen LogP contribution < -0.4 is 4.74 Å². The average molecular weight is 282 g/mol. The fourth-order valence-electron chi connectivity index (χ4n) is 2.05. The minimum absolute atomic E-state index is 0.179. The summed E-state index contributed by atoms with van der Waals surface area (Å²) in [5.41, 5.74) is 1.18. The minimum Gasteiger partial charge on any atom is -0.497 e. The summed E-state index contributed by atoms with van der Waals surface area (Å²) in [6.45, 7) is 2.30. The molecule has 0 radical (unpaired) electrons. The van der Waals surface area contributed by atoms with E-state index in [1.807, 2.05) is 18.2 Å². The van der Waals surface area contributed by atoms with Crippen LogP contribution in [0.15, 0.2) is 24.3 Å². The van der Waals surface area contributed by atoms with E-state index in [1.165, 1.54) is 5.56 Å². The fraction of sp³-hybridized carbons (Fsp3) is 0.625. The molecule has 4 nitrogen and oxygen atoms in total. The Morgan fingerprint density at radius 2 is 2.00 bits per heavy atom. The molecule has 114 valence electrons. The smallest absolute Gasteiger partial charge is 0.119 e. The second-order valence-electron chi connectivity index (χ2n) is 4.85. The Morgan fingerprint density at radius 3 is 2.70 bits per heavy atom. The predicted octanol–water partition coefficient (Wildman–Crippen LogP) is 2.29. The van der Waals surface area contributed by atoms with Gasteiger partial charge in [0.1, 0.15) is 5.75 Å². The zero-order valence-electron chi connectivity index (χ0n) is 12.5. The van der Waals surface area contributed by atoms with E-state index in [9.17, 15) is 5.11 Å². The van der Waals surface area contributed by atoms with Crippen LogP contribution in [0.4, 0.5) is 0 Å². The molecule has 0 aliphatic carbocycles. The third-order valence-corrected chi connectivity index (χ3v) is 3.22. The molecule has 1 aromatic rings. The van der Waals surface area contributed by atoms with Crippen molar-refractivity contribution in [1.82, 2.24) is 0 Å². The van der Waals surface area contributed by atoms with Crippen LogP contribution in [0.25, 0.3) is 0 Å². The molecule has 4 heteroatoms. The standard InChI is InChI=1S/C16H26O4/c1-18-8-4-9-20-10-7-15(13-17)11-14-5-3-6-16(12-14)19-2/h3,5-6,12,15,17H,4,7-11,13H2,1-2H3. The third kappa shape index (κ3) is 6.89. The summed E-state index contributed by atoms with van der Waals surface area (Å²) in [7, 11) is 3.35. The Morgan fingerprint density at radius 1 is 1.15 bits per heavy atom. The zero-order chi connectivity index (χ0) is 14.6. The largest absolute Gasteiger partial charge is 0.497 e. The lowest BCUT2D eigenvalue weighted by Crippen LogP contribution is -2.13. The molecule has 1 unspecified atom stereocenters. The van der Waals surface area contributed by atoms with E-state index in [-0.39, 0.29) is 12.5 Å². The highest BCUT2D eigenvalue weighted by molar-refractivity contribution is 5.28. The average Bonchev–Trinajstić information content (AvgIpc) is 2.49. The first-order valence-electron chi connectivity index (χ1n) is 7.10. The Bertz CT molecular complexity index is 354. The molecule has 0 saturated carbocycles. The molecule has 0 aliphatic heterocycles. The highest BCUT2D eigenvalue weighted by Gasteiger charge is 2.09. The van der Waals surface area contributed by atoms with E-state index in [1.54, 1.807) is 14.2 Å². The maximum absolute atomic E-state index is 9.45. The molecule has 1 atom stereocenters. The Labute approximate surface area is 121 Å². The van der Waals surface area contributed by atoms with Crippen molar-refractivity contribution in [3.63, 3.8) is 0 Å². The van der Waals surface area contributed by atoms with Gasteiger partial charge in [-0.25, -0.2) is 0 Å². The van der Waals surface area contributed by atoms with E-state index >= 15 is 0 Å². The molecule has 1 N–H and O–H groups in total. The van der Waals surface area contributed by atoms with Gasteiger partial charge in [0.15, 0.2) is 0 Å². The van der Waals surface area contributed by atoms with Gasteiger partial charge >= 0.3 is 0 Å². The van der Waals surface area contributed by atoms with Crippen molar-refractivity contribution in [3.8, 4) is 5.75 Å².